The summed E-state index contributed by atoms with van der Waals surface area (Å²) in [6, 6.07) is 11.1. The first kappa shape index (κ1) is 22.1. The number of carbonyl (C=O) groups excluding carboxylic acids is 1. The van der Waals surface area contributed by atoms with Gasteiger partial charge in [0.15, 0.2) is 5.43 Å². The Kier molecular flexibility index (Phi) is 6.35. The van der Waals surface area contributed by atoms with Crippen LogP contribution in [0.15, 0.2) is 45.6 Å². The van der Waals surface area contributed by atoms with E-state index in [2.05, 4.69) is 13.8 Å². The molecular weight excluding hydrogens is 402 g/mol. The van der Waals surface area contributed by atoms with Gasteiger partial charge in [0, 0.05) is 6.54 Å². The molecule has 0 saturated heterocycles. The Balaban J connectivity index is 1.88. The number of fused-ring (bicyclic) bond motifs is 2. The third-order valence-electron chi connectivity index (χ3n) is 6.09. The maximum absolute atomic E-state index is 13.7. The van der Waals surface area contributed by atoms with Crippen molar-refractivity contribution < 1.29 is 13.9 Å². The van der Waals surface area contributed by atoms with E-state index in [1.54, 1.807) is 4.90 Å². The molecule has 4 rings (SSSR count). The number of amides is 1. The molecule has 0 spiro atoms. The van der Waals surface area contributed by atoms with Crippen LogP contribution in [0.2, 0.25) is 0 Å². The molecule has 5 nitrogen and oxygen atoms in total. The minimum absolute atomic E-state index is 0.122. The van der Waals surface area contributed by atoms with Crippen LogP contribution in [-0.2, 0) is 0 Å². The quantitative estimate of drug-likeness (QED) is 0.413. The third kappa shape index (κ3) is 3.92. The predicted molar refractivity (Wildman–Crippen MR) is 127 cm³/mol. The number of unbranched alkanes of at least 4 members (excludes halogenated alkanes) is 2. The number of benzene rings is 2. The van der Waals surface area contributed by atoms with Crippen LogP contribution >= 0.6 is 0 Å². The highest BCUT2D eigenvalue weighted by Gasteiger charge is 2.42. The molecule has 0 saturated carbocycles. The van der Waals surface area contributed by atoms with Crippen molar-refractivity contribution in [1.82, 2.24) is 4.90 Å². The maximum atomic E-state index is 13.7. The molecular formula is C27H31NO4. The Labute approximate surface area is 189 Å². The number of rotatable bonds is 8. The minimum Gasteiger partial charge on any atom is -0.494 e. The van der Waals surface area contributed by atoms with Gasteiger partial charge in [-0.1, -0.05) is 44.9 Å². The van der Waals surface area contributed by atoms with Crippen molar-refractivity contribution in [2.24, 2.45) is 0 Å². The standard InChI is InChI=1S/C27H31NO4/c1-5-7-12-28-23(19-10-9-11-20(16-19)31-13-8-6-2)22-24(29)21-15-17(3)14-18(4)25(21)32-26(22)27(28)30/h9-11,14-16,23H,5-8,12-13H2,1-4H3. The molecule has 1 atom stereocenters. The van der Waals surface area contributed by atoms with Gasteiger partial charge in [-0.15, -0.1) is 0 Å². The lowest BCUT2D eigenvalue weighted by Crippen LogP contribution is -2.30. The highest BCUT2D eigenvalue weighted by Crippen LogP contribution is 2.39. The summed E-state index contributed by atoms with van der Waals surface area (Å²) in [6.45, 7) is 9.30. The summed E-state index contributed by atoms with van der Waals surface area (Å²) < 4.78 is 12.0. The van der Waals surface area contributed by atoms with Crippen LogP contribution < -0.4 is 10.2 Å². The molecule has 2 heterocycles. The summed E-state index contributed by atoms with van der Waals surface area (Å²) in [5.74, 6) is 0.715. The number of nitrogens with zero attached hydrogens (tertiary/aromatic N) is 1. The molecule has 3 aromatic rings. The van der Waals surface area contributed by atoms with Gasteiger partial charge in [0.2, 0.25) is 5.76 Å². The molecule has 0 N–H and O–H groups in total. The zero-order valence-corrected chi connectivity index (χ0v) is 19.4. The van der Waals surface area contributed by atoms with E-state index < -0.39 is 6.04 Å². The maximum Gasteiger partial charge on any atom is 0.290 e. The molecule has 1 unspecified atom stereocenters. The second-order valence-corrected chi connectivity index (χ2v) is 8.66. The smallest absolute Gasteiger partial charge is 0.290 e. The molecule has 0 bridgehead atoms. The summed E-state index contributed by atoms with van der Waals surface area (Å²) in [7, 11) is 0. The topological polar surface area (TPSA) is 59.8 Å². The Morgan fingerprint density at radius 2 is 1.81 bits per heavy atom. The van der Waals surface area contributed by atoms with Crippen molar-refractivity contribution in [2.45, 2.75) is 59.4 Å². The second-order valence-electron chi connectivity index (χ2n) is 8.66. The molecule has 168 valence electrons. The summed E-state index contributed by atoms with van der Waals surface area (Å²) in [5.41, 5.74) is 3.55. The second kappa shape index (κ2) is 9.19. The van der Waals surface area contributed by atoms with Crippen LogP contribution in [0.5, 0.6) is 5.75 Å². The van der Waals surface area contributed by atoms with Gasteiger partial charge in [-0.25, -0.2) is 0 Å². The van der Waals surface area contributed by atoms with Gasteiger partial charge in [-0.3, -0.25) is 9.59 Å². The first-order chi connectivity index (χ1) is 15.5. The zero-order chi connectivity index (χ0) is 22.8. The lowest BCUT2D eigenvalue weighted by Gasteiger charge is -2.25. The van der Waals surface area contributed by atoms with Gasteiger partial charge in [0.05, 0.1) is 23.6 Å². The van der Waals surface area contributed by atoms with E-state index >= 15 is 0 Å². The van der Waals surface area contributed by atoms with Crippen molar-refractivity contribution >= 4 is 16.9 Å². The molecule has 1 aliphatic rings. The molecule has 0 aliphatic carbocycles. The minimum atomic E-state index is -0.472. The van der Waals surface area contributed by atoms with Crippen molar-refractivity contribution in [3.63, 3.8) is 0 Å². The van der Waals surface area contributed by atoms with Gasteiger partial charge in [-0.05, 0) is 61.6 Å². The number of hydrogen-bond acceptors (Lipinski definition) is 4. The normalized spacial score (nSPS) is 15.4. The van der Waals surface area contributed by atoms with E-state index in [0.717, 1.165) is 48.1 Å². The molecule has 0 fully saturated rings. The lowest BCUT2D eigenvalue weighted by molar-refractivity contribution is 0.0725. The molecule has 0 radical (unpaired) electrons. The van der Waals surface area contributed by atoms with Crippen LogP contribution in [0, 0.1) is 13.8 Å². The Morgan fingerprint density at radius 3 is 2.56 bits per heavy atom. The molecule has 5 heteroatoms. The zero-order valence-electron chi connectivity index (χ0n) is 19.4. The highest BCUT2D eigenvalue weighted by atomic mass is 16.5. The van der Waals surface area contributed by atoms with E-state index in [4.69, 9.17) is 9.15 Å². The molecule has 32 heavy (non-hydrogen) atoms. The first-order valence-corrected chi connectivity index (χ1v) is 11.6. The van der Waals surface area contributed by atoms with Crippen LogP contribution in [0.25, 0.3) is 11.0 Å². The fraction of sp³-hybridized carbons (Fsp3) is 0.407. The predicted octanol–water partition coefficient (Wildman–Crippen LogP) is 5.93. The Bertz CT molecular complexity index is 1210. The largest absolute Gasteiger partial charge is 0.494 e. The van der Waals surface area contributed by atoms with Gasteiger partial charge in [-0.2, -0.15) is 0 Å². The highest BCUT2D eigenvalue weighted by molar-refractivity contribution is 5.99. The molecule has 2 aromatic carbocycles. The third-order valence-corrected chi connectivity index (χ3v) is 6.09. The average molecular weight is 434 g/mol. The molecule has 1 aromatic heterocycles. The number of carbonyl (C=O) groups is 1. The average Bonchev–Trinajstić information content (AvgIpc) is 3.05. The Morgan fingerprint density at radius 1 is 1.03 bits per heavy atom. The van der Waals surface area contributed by atoms with Crippen LogP contribution in [-0.4, -0.2) is 24.0 Å². The van der Waals surface area contributed by atoms with Gasteiger partial charge >= 0.3 is 0 Å². The van der Waals surface area contributed by atoms with E-state index in [1.165, 1.54) is 0 Å². The number of hydrogen-bond donors (Lipinski definition) is 0. The van der Waals surface area contributed by atoms with Crippen molar-refractivity contribution in [3.05, 3.63) is 74.6 Å². The summed E-state index contributed by atoms with van der Waals surface area (Å²) >= 11 is 0. The Hall–Kier alpha value is -3.08. The number of aryl methyl sites for hydroxylation is 2. The van der Waals surface area contributed by atoms with Gasteiger partial charge in [0.25, 0.3) is 5.91 Å². The molecule has 1 amide bonds. The first-order valence-electron chi connectivity index (χ1n) is 11.6. The van der Waals surface area contributed by atoms with Crippen molar-refractivity contribution in [3.8, 4) is 5.75 Å². The van der Waals surface area contributed by atoms with Crippen LogP contribution in [0.1, 0.15) is 78.4 Å². The fourth-order valence-electron chi connectivity index (χ4n) is 4.49. The SMILES string of the molecule is CCCCOc1cccc(C2c3c(oc4c(C)cc(C)cc4c3=O)C(=O)N2CCCC)c1. The number of ether oxygens (including phenoxy) is 1. The van der Waals surface area contributed by atoms with E-state index in [0.29, 0.717) is 29.7 Å². The van der Waals surface area contributed by atoms with Crippen LogP contribution in [0.3, 0.4) is 0 Å². The van der Waals surface area contributed by atoms with Gasteiger partial charge < -0.3 is 14.1 Å². The summed E-state index contributed by atoms with van der Waals surface area (Å²) in [4.78, 5) is 28.9. The lowest BCUT2D eigenvalue weighted by atomic mass is 9.97. The summed E-state index contributed by atoms with van der Waals surface area (Å²) in [6.07, 6.45) is 3.84. The van der Waals surface area contributed by atoms with E-state index in [9.17, 15) is 9.59 Å². The van der Waals surface area contributed by atoms with Crippen molar-refractivity contribution in [2.75, 3.05) is 13.2 Å². The van der Waals surface area contributed by atoms with Crippen LogP contribution in [0.4, 0.5) is 0 Å². The van der Waals surface area contributed by atoms with E-state index in [1.807, 2.05) is 50.2 Å². The van der Waals surface area contributed by atoms with Crippen molar-refractivity contribution in [1.29, 1.82) is 0 Å². The monoisotopic (exact) mass is 433 g/mol. The molecule has 1 aliphatic heterocycles. The fourth-order valence-corrected chi connectivity index (χ4v) is 4.49. The van der Waals surface area contributed by atoms with E-state index in [-0.39, 0.29) is 17.1 Å². The van der Waals surface area contributed by atoms with Gasteiger partial charge in [0.1, 0.15) is 11.3 Å². The summed E-state index contributed by atoms with van der Waals surface area (Å²) in [5, 5.41) is 0.534.